The highest BCUT2D eigenvalue weighted by molar-refractivity contribution is 7.80. The van der Waals surface area contributed by atoms with Gasteiger partial charge in [-0.25, -0.2) is 8.78 Å². The molecule has 0 aromatic carbocycles. The fourth-order valence-corrected chi connectivity index (χ4v) is 1.46. The maximum atomic E-state index is 12.7. The largest absolute Gasteiger partial charge is 0.393 e. The Morgan fingerprint density at radius 3 is 2.38 bits per heavy atom. The molecule has 1 aliphatic heterocycles. The maximum Gasteiger partial charge on any atom is 0.250 e. The van der Waals surface area contributed by atoms with Gasteiger partial charge < -0.3 is 10.6 Å². The van der Waals surface area contributed by atoms with E-state index in [-0.39, 0.29) is 12.8 Å². The van der Waals surface area contributed by atoms with Crippen molar-refractivity contribution >= 4 is 17.2 Å². The second kappa shape index (κ2) is 4.28. The molecule has 0 amide bonds. The highest BCUT2D eigenvalue weighted by Gasteiger charge is 2.33. The first-order chi connectivity index (χ1) is 5.99. The molecule has 76 valence electrons. The quantitative estimate of drug-likeness (QED) is 0.711. The first-order valence-corrected chi connectivity index (χ1v) is 4.79. The SMILES string of the molecule is NC(=S)CCN1CCC(F)(F)CC1. The molecule has 1 heterocycles. The summed E-state index contributed by atoms with van der Waals surface area (Å²) in [5, 5.41) is 0. The average molecular weight is 208 g/mol. The summed E-state index contributed by atoms with van der Waals surface area (Å²) in [4.78, 5) is 2.44. The van der Waals surface area contributed by atoms with Crippen LogP contribution < -0.4 is 5.73 Å². The Morgan fingerprint density at radius 1 is 1.38 bits per heavy atom. The van der Waals surface area contributed by atoms with Gasteiger partial charge in [-0.1, -0.05) is 12.2 Å². The first kappa shape index (κ1) is 10.8. The number of nitrogens with zero attached hydrogens (tertiary/aromatic N) is 1. The lowest BCUT2D eigenvalue weighted by Gasteiger charge is -2.31. The van der Waals surface area contributed by atoms with Gasteiger partial charge in [0, 0.05) is 38.9 Å². The molecule has 2 nitrogen and oxygen atoms in total. The van der Waals surface area contributed by atoms with Crippen molar-refractivity contribution in [3.8, 4) is 0 Å². The number of piperidine rings is 1. The van der Waals surface area contributed by atoms with E-state index in [0.717, 1.165) is 0 Å². The molecule has 0 radical (unpaired) electrons. The van der Waals surface area contributed by atoms with Gasteiger partial charge in [0.25, 0.3) is 5.92 Å². The van der Waals surface area contributed by atoms with Crippen LogP contribution in [0.25, 0.3) is 0 Å². The van der Waals surface area contributed by atoms with Crippen LogP contribution in [0.3, 0.4) is 0 Å². The molecule has 13 heavy (non-hydrogen) atoms. The molecule has 0 spiro atoms. The third kappa shape index (κ3) is 3.95. The monoisotopic (exact) mass is 208 g/mol. The molecular weight excluding hydrogens is 194 g/mol. The van der Waals surface area contributed by atoms with Gasteiger partial charge in [-0.05, 0) is 0 Å². The fraction of sp³-hybridized carbons (Fsp3) is 0.875. The predicted octanol–water partition coefficient (Wildman–Crippen LogP) is 1.39. The number of likely N-dealkylation sites (tertiary alicyclic amines) is 1. The van der Waals surface area contributed by atoms with Crippen LogP contribution in [0.15, 0.2) is 0 Å². The van der Waals surface area contributed by atoms with E-state index in [4.69, 9.17) is 18.0 Å². The molecular formula is C8H14F2N2S. The van der Waals surface area contributed by atoms with E-state index in [9.17, 15) is 8.78 Å². The number of hydrogen-bond donors (Lipinski definition) is 1. The van der Waals surface area contributed by atoms with Crippen LogP contribution in [0.5, 0.6) is 0 Å². The van der Waals surface area contributed by atoms with Crippen LogP contribution in [0.1, 0.15) is 19.3 Å². The molecule has 2 N–H and O–H groups in total. The van der Waals surface area contributed by atoms with Gasteiger partial charge in [-0.2, -0.15) is 0 Å². The first-order valence-electron chi connectivity index (χ1n) is 4.38. The van der Waals surface area contributed by atoms with Gasteiger partial charge in [-0.15, -0.1) is 0 Å². The minimum absolute atomic E-state index is 0.0374. The average Bonchev–Trinajstić information content (AvgIpc) is 2.02. The number of hydrogen-bond acceptors (Lipinski definition) is 2. The zero-order valence-electron chi connectivity index (χ0n) is 7.43. The van der Waals surface area contributed by atoms with Crippen molar-refractivity contribution in [1.82, 2.24) is 4.90 Å². The van der Waals surface area contributed by atoms with E-state index in [1.54, 1.807) is 0 Å². The van der Waals surface area contributed by atoms with E-state index < -0.39 is 5.92 Å². The maximum absolute atomic E-state index is 12.7. The molecule has 1 fully saturated rings. The normalized spacial score (nSPS) is 22.9. The summed E-state index contributed by atoms with van der Waals surface area (Å²) in [7, 11) is 0. The Kier molecular flexibility index (Phi) is 3.55. The lowest BCUT2D eigenvalue weighted by molar-refractivity contribution is -0.0545. The molecule has 1 aliphatic rings. The lowest BCUT2D eigenvalue weighted by Crippen LogP contribution is -2.40. The summed E-state index contributed by atoms with van der Waals surface area (Å²) in [6.45, 7) is 1.62. The number of halogens is 2. The number of rotatable bonds is 3. The van der Waals surface area contributed by atoms with Gasteiger partial charge in [0.2, 0.25) is 0 Å². The summed E-state index contributed by atoms with van der Waals surface area (Å²) >= 11 is 4.71. The van der Waals surface area contributed by atoms with E-state index in [1.165, 1.54) is 0 Å². The van der Waals surface area contributed by atoms with Crippen LogP contribution in [0.2, 0.25) is 0 Å². The second-order valence-electron chi connectivity index (χ2n) is 3.41. The molecule has 0 atom stereocenters. The topological polar surface area (TPSA) is 29.3 Å². The van der Waals surface area contributed by atoms with Gasteiger partial charge >= 0.3 is 0 Å². The predicted molar refractivity (Wildman–Crippen MR) is 52.0 cm³/mol. The third-order valence-corrected chi connectivity index (χ3v) is 2.47. The summed E-state index contributed by atoms with van der Waals surface area (Å²) in [6.07, 6.45) is 0.551. The summed E-state index contributed by atoms with van der Waals surface area (Å²) in [5.74, 6) is -2.46. The molecule has 0 unspecified atom stereocenters. The Labute approximate surface area is 82.1 Å². The lowest BCUT2D eigenvalue weighted by atomic mass is 10.1. The summed E-state index contributed by atoms with van der Waals surface area (Å²) in [6, 6.07) is 0. The number of nitrogens with two attached hydrogens (primary N) is 1. The minimum Gasteiger partial charge on any atom is -0.393 e. The Bertz CT molecular complexity index is 187. The third-order valence-electron chi connectivity index (χ3n) is 2.26. The smallest absolute Gasteiger partial charge is 0.250 e. The van der Waals surface area contributed by atoms with Crippen LogP contribution in [-0.4, -0.2) is 35.4 Å². The molecule has 0 bridgehead atoms. The fourth-order valence-electron chi connectivity index (χ4n) is 1.37. The molecule has 0 aromatic heterocycles. The molecule has 5 heteroatoms. The van der Waals surface area contributed by atoms with Gasteiger partial charge in [0.15, 0.2) is 0 Å². The Morgan fingerprint density at radius 2 is 1.92 bits per heavy atom. The van der Waals surface area contributed by atoms with Crippen LogP contribution in [-0.2, 0) is 0 Å². The van der Waals surface area contributed by atoms with E-state index in [2.05, 4.69) is 0 Å². The van der Waals surface area contributed by atoms with Gasteiger partial charge in [0.1, 0.15) is 0 Å². The van der Waals surface area contributed by atoms with E-state index in [1.807, 2.05) is 4.90 Å². The van der Waals surface area contributed by atoms with Gasteiger partial charge in [0.05, 0.1) is 4.99 Å². The van der Waals surface area contributed by atoms with Crippen molar-refractivity contribution in [2.75, 3.05) is 19.6 Å². The second-order valence-corrected chi connectivity index (χ2v) is 3.94. The van der Waals surface area contributed by atoms with Crippen molar-refractivity contribution in [3.63, 3.8) is 0 Å². The zero-order chi connectivity index (χ0) is 9.90. The molecule has 0 aromatic rings. The molecule has 1 rings (SSSR count). The Balaban J connectivity index is 2.21. The number of alkyl halides is 2. The van der Waals surface area contributed by atoms with E-state index >= 15 is 0 Å². The minimum atomic E-state index is -2.46. The van der Waals surface area contributed by atoms with Crippen molar-refractivity contribution < 1.29 is 8.78 Å². The number of thiocarbonyl (C=S) groups is 1. The van der Waals surface area contributed by atoms with Gasteiger partial charge in [-0.3, -0.25) is 0 Å². The highest BCUT2D eigenvalue weighted by atomic mass is 32.1. The van der Waals surface area contributed by atoms with Crippen LogP contribution in [0, 0.1) is 0 Å². The van der Waals surface area contributed by atoms with Crippen molar-refractivity contribution in [1.29, 1.82) is 0 Å². The molecule has 0 saturated carbocycles. The summed E-state index contributed by atoms with van der Waals surface area (Å²) in [5.41, 5.74) is 5.32. The zero-order valence-corrected chi connectivity index (χ0v) is 8.25. The van der Waals surface area contributed by atoms with Crippen molar-refractivity contribution in [3.05, 3.63) is 0 Å². The van der Waals surface area contributed by atoms with Crippen LogP contribution >= 0.6 is 12.2 Å². The molecule has 0 aliphatic carbocycles. The van der Waals surface area contributed by atoms with E-state index in [0.29, 0.717) is 31.0 Å². The standard InChI is InChI=1S/C8H14F2N2S/c9-8(10)2-5-12(6-3-8)4-1-7(11)13/h1-6H2,(H2,11,13). The summed E-state index contributed by atoms with van der Waals surface area (Å²) < 4.78 is 25.4. The van der Waals surface area contributed by atoms with Crippen molar-refractivity contribution in [2.24, 2.45) is 5.73 Å². The highest BCUT2D eigenvalue weighted by Crippen LogP contribution is 2.27. The molecule has 1 saturated heterocycles. The van der Waals surface area contributed by atoms with Crippen LogP contribution in [0.4, 0.5) is 8.78 Å². The Hall–Kier alpha value is -0.290. The van der Waals surface area contributed by atoms with Crippen molar-refractivity contribution in [2.45, 2.75) is 25.2 Å².